The van der Waals surface area contributed by atoms with Crippen molar-refractivity contribution in [2.24, 2.45) is 10.1 Å². The fourth-order valence-electron chi connectivity index (χ4n) is 2.20. The molecule has 0 bridgehead atoms. The van der Waals surface area contributed by atoms with Gasteiger partial charge in [0, 0.05) is 38.9 Å². The van der Waals surface area contributed by atoms with Gasteiger partial charge in [-0.3, -0.25) is 4.79 Å². The molecule has 0 aromatic heterocycles. The highest BCUT2D eigenvalue weighted by atomic mass is 16.2. The number of piperazine rings is 1. The van der Waals surface area contributed by atoms with Crippen LogP contribution in [0, 0.1) is 0 Å². The number of allylic oxidation sites excluding steroid dienone is 2. The van der Waals surface area contributed by atoms with Crippen molar-refractivity contribution in [1.82, 2.24) is 15.2 Å². The molecule has 0 aromatic rings. The monoisotopic (exact) mass is 259 g/mol. The Kier molecular flexibility index (Phi) is 2.93. The highest BCUT2D eigenvalue weighted by Crippen LogP contribution is 2.24. The molecule has 1 amide bonds. The van der Waals surface area contributed by atoms with Gasteiger partial charge in [-0.25, -0.2) is 4.99 Å². The molecule has 3 heterocycles. The second-order valence-corrected chi connectivity index (χ2v) is 4.54. The molecular formula is C13H17N5O. The van der Waals surface area contributed by atoms with E-state index in [9.17, 15) is 4.79 Å². The van der Waals surface area contributed by atoms with Gasteiger partial charge in [-0.2, -0.15) is 10.1 Å². The number of aliphatic imine (C=N–C) groups is 1. The summed E-state index contributed by atoms with van der Waals surface area (Å²) in [5, 5.41) is 8.96. The lowest BCUT2D eigenvalue weighted by atomic mass is 10.2. The Hall–Kier alpha value is -2.33. The Morgan fingerprint density at radius 2 is 2.42 bits per heavy atom. The Bertz CT molecular complexity index is 571. The smallest absolute Gasteiger partial charge is 0.239 e. The van der Waals surface area contributed by atoms with Gasteiger partial charge in [0.15, 0.2) is 5.82 Å². The van der Waals surface area contributed by atoms with Crippen LogP contribution in [0.15, 0.2) is 39.6 Å². The minimum absolute atomic E-state index is 0. The molecule has 3 rings (SSSR count). The largest absolute Gasteiger partial charge is 0.353 e. The van der Waals surface area contributed by atoms with E-state index in [-0.39, 0.29) is 7.33 Å². The summed E-state index contributed by atoms with van der Waals surface area (Å²) in [7, 11) is 0. The third-order valence-corrected chi connectivity index (χ3v) is 3.05. The first-order valence-electron chi connectivity index (χ1n) is 6.30. The Balaban J connectivity index is 0.00000147. The molecule has 19 heavy (non-hydrogen) atoms. The molecule has 0 saturated carbocycles. The van der Waals surface area contributed by atoms with Crippen LogP contribution in [0.4, 0.5) is 0 Å². The number of rotatable bonds is 1. The van der Waals surface area contributed by atoms with E-state index in [1.807, 2.05) is 30.2 Å². The normalized spacial score (nSPS) is 22.2. The summed E-state index contributed by atoms with van der Waals surface area (Å²) >= 11 is 0. The zero-order valence-electron chi connectivity index (χ0n) is 10.8. The molecule has 3 aliphatic heterocycles. The lowest BCUT2D eigenvalue weighted by Gasteiger charge is -2.35. The summed E-state index contributed by atoms with van der Waals surface area (Å²) in [6.45, 7) is 3.71. The minimum atomic E-state index is 0. The molecule has 3 aliphatic rings. The molecule has 100 valence electrons. The molecule has 0 aromatic carbocycles. The topological polar surface area (TPSA) is 60.3 Å². The van der Waals surface area contributed by atoms with Gasteiger partial charge in [-0.1, -0.05) is 5.73 Å². The number of carbonyl (C=O) groups is 1. The Morgan fingerprint density at radius 3 is 3.26 bits per heavy atom. The van der Waals surface area contributed by atoms with Gasteiger partial charge in [0.2, 0.25) is 5.91 Å². The van der Waals surface area contributed by atoms with E-state index in [0.717, 1.165) is 24.5 Å². The number of carbonyl (C=O) groups excluding carboxylic acids is 1. The average molecular weight is 259 g/mol. The van der Waals surface area contributed by atoms with Gasteiger partial charge < -0.3 is 10.2 Å². The van der Waals surface area contributed by atoms with E-state index in [1.165, 1.54) is 0 Å². The standard InChI is InChI=1S/C13H15N5O.H2/c1-10-8-13(17-7-6-14-12(19)9-17)18-11(16-10)4-2-3-5-15-18;/h2,5,8H,3,6-7,9H2,1H3,(H,14,19);1H. The molecule has 0 spiro atoms. The van der Waals surface area contributed by atoms with E-state index in [4.69, 9.17) is 0 Å². The van der Waals surface area contributed by atoms with Crippen LogP contribution >= 0.6 is 0 Å². The van der Waals surface area contributed by atoms with E-state index >= 15 is 0 Å². The zero-order chi connectivity index (χ0) is 13.2. The molecule has 0 radical (unpaired) electrons. The summed E-state index contributed by atoms with van der Waals surface area (Å²) < 4.78 is 0. The maximum Gasteiger partial charge on any atom is 0.239 e. The van der Waals surface area contributed by atoms with Crippen LogP contribution in [0.3, 0.4) is 0 Å². The Morgan fingerprint density at radius 1 is 1.53 bits per heavy atom. The summed E-state index contributed by atoms with van der Waals surface area (Å²) in [6.07, 6.45) is 6.41. The lowest BCUT2D eigenvalue weighted by molar-refractivity contribution is -0.123. The number of amides is 1. The summed E-state index contributed by atoms with van der Waals surface area (Å²) in [5.41, 5.74) is 4.03. The second-order valence-electron chi connectivity index (χ2n) is 4.54. The van der Waals surface area contributed by atoms with Gasteiger partial charge in [-0.05, 0) is 13.0 Å². The van der Waals surface area contributed by atoms with Crippen molar-refractivity contribution in [3.63, 3.8) is 0 Å². The van der Waals surface area contributed by atoms with Crippen LogP contribution in [-0.2, 0) is 4.79 Å². The van der Waals surface area contributed by atoms with Gasteiger partial charge >= 0.3 is 0 Å². The van der Waals surface area contributed by atoms with E-state index in [1.54, 1.807) is 5.01 Å². The molecule has 6 nitrogen and oxygen atoms in total. The van der Waals surface area contributed by atoms with Gasteiger partial charge in [-0.15, -0.1) is 0 Å². The first-order chi connectivity index (χ1) is 9.24. The van der Waals surface area contributed by atoms with Crippen molar-refractivity contribution < 1.29 is 6.22 Å². The molecule has 0 atom stereocenters. The molecule has 0 aliphatic carbocycles. The summed E-state index contributed by atoms with van der Waals surface area (Å²) in [4.78, 5) is 18.0. The summed E-state index contributed by atoms with van der Waals surface area (Å²) in [5.74, 6) is 1.60. The van der Waals surface area contributed by atoms with E-state index in [2.05, 4.69) is 21.1 Å². The predicted molar refractivity (Wildman–Crippen MR) is 74.4 cm³/mol. The molecule has 1 fully saturated rings. The van der Waals surface area contributed by atoms with Gasteiger partial charge in [0.05, 0.1) is 6.54 Å². The van der Waals surface area contributed by atoms with Crippen LogP contribution < -0.4 is 5.32 Å². The van der Waals surface area contributed by atoms with Crippen LogP contribution in [0.5, 0.6) is 0 Å². The van der Waals surface area contributed by atoms with Gasteiger partial charge in [0.1, 0.15) is 5.82 Å². The Labute approximate surface area is 113 Å². The number of hydrazone groups is 1. The number of fused-ring (bicyclic) bond motifs is 1. The van der Waals surface area contributed by atoms with Crippen molar-refractivity contribution in [2.45, 2.75) is 13.3 Å². The number of nitrogens with one attached hydrogen (secondary N) is 1. The predicted octanol–water partition coefficient (Wildman–Crippen LogP) is 0.668. The fraction of sp³-hybridized carbons (Fsp3) is 0.385. The average Bonchev–Trinajstić information content (AvgIpc) is 2.63. The third kappa shape index (κ3) is 2.30. The molecule has 6 heteroatoms. The molecule has 1 saturated heterocycles. The maximum absolute atomic E-state index is 11.5. The van der Waals surface area contributed by atoms with Crippen LogP contribution in [0.2, 0.25) is 0 Å². The maximum atomic E-state index is 11.5. The third-order valence-electron chi connectivity index (χ3n) is 3.05. The lowest BCUT2D eigenvalue weighted by Crippen LogP contribution is -2.49. The van der Waals surface area contributed by atoms with Crippen LogP contribution in [-0.4, -0.2) is 47.4 Å². The van der Waals surface area contributed by atoms with Crippen molar-refractivity contribution in [2.75, 3.05) is 19.6 Å². The number of hydrogen-bond donors (Lipinski definition) is 1. The minimum Gasteiger partial charge on any atom is -0.353 e. The summed E-state index contributed by atoms with van der Waals surface area (Å²) in [6, 6.07) is 0. The SMILES string of the molecule is CC1=NC2=C=CCC=NN2C(N2CCNC(=O)C2)=C1.[HH]. The zero-order valence-corrected chi connectivity index (χ0v) is 10.8. The first kappa shape index (κ1) is 11.7. The highest BCUT2D eigenvalue weighted by Gasteiger charge is 2.27. The van der Waals surface area contributed by atoms with E-state index in [0.29, 0.717) is 18.9 Å². The van der Waals surface area contributed by atoms with Crippen LogP contribution in [0.1, 0.15) is 14.8 Å². The number of nitrogens with zero attached hydrogens (tertiary/aromatic N) is 4. The number of hydrogen-bond acceptors (Lipinski definition) is 5. The molecule has 0 unspecified atom stereocenters. The van der Waals surface area contributed by atoms with Crippen molar-refractivity contribution >= 4 is 17.8 Å². The van der Waals surface area contributed by atoms with Crippen molar-refractivity contribution in [3.05, 3.63) is 29.5 Å². The quantitative estimate of drug-likeness (QED) is 0.704. The van der Waals surface area contributed by atoms with Crippen LogP contribution in [0.25, 0.3) is 0 Å². The molecular weight excluding hydrogens is 242 g/mol. The van der Waals surface area contributed by atoms with E-state index < -0.39 is 0 Å². The van der Waals surface area contributed by atoms with Gasteiger partial charge in [0.25, 0.3) is 0 Å². The second kappa shape index (κ2) is 4.74. The first-order valence-corrected chi connectivity index (χ1v) is 6.30. The van der Waals surface area contributed by atoms with Crippen molar-refractivity contribution in [3.8, 4) is 0 Å². The highest BCUT2D eigenvalue weighted by molar-refractivity contribution is 5.95. The van der Waals surface area contributed by atoms with Crippen molar-refractivity contribution in [1.29, 1.82) is 0 Å². The molecule has 1 N–H and O–H groups in total. The fourth-order valence-corrected chi connectivity index (χ4v) is 2.20.